The second-order valence-electron chi connectivity index (χ2n) is 6.31. The van der Waals surface area contributed by atoms with E-state index in [0.29, 0.717) is 22.5 Å². The van der Waals surface area contributed by atoms with Crippen LogP contribution < -0.4 is 10.3 Å². The number of carbonyl (C=O) groups excluding carboxylic acids is 1. The summed E-state index contributed by atoms with van der Waals surface area (Å²) in [7, 11) is 1.67. The lowest BCUT2D eigenvalue weighted by atomic mass is 10.1. The van der Waals surface area contributed by atoms with Crippen molar-refractivity contribution in [3.8, 4) is 5.75 Å². The van der Waals surface area contributed by atoms with Gasteiger partial charge in [0.1, 0.15) is 18.2 Å². The molecule has 3 rings (SSSR count). The second kappa shape index (κ2) is 8.67. The third-order valence-corrected chi connectivity index (χ3v) is 4.35. The highest BCUT2D eigenvalue weighted by molar-refractivity contribution is 5.77. The fraction of sp³-hybridized carbons (Fsp3) is 0.286. The van der Waals surface area contributed by atoms with Gasteiger partial charge in [-0.1, -0.05) is 24.3 Å². The molecule has 0 saturated heterocycles. The Bertz CT molecular complexity index is 1030. The first-order chi connectivity index (χ1) is 13.5. The summed E-state index contributed by atoms with van der Waals surface area (Å²) in [6.07, 6.45) is -1.03. The van der Waals surface area contributed by atoms with Gasteiger partial charge in [-0.25, -0.2) is 9.78 Å². The molecule has 0 aliphatic heterocycles. The number of rotatable bonds is 7. The number of benzene rings is 2. The number of hydrogen-bond donors (Lipinski definition) is 1. The first-order valence-electron chi connectivity index (χ1n) is 9.00. The molecule has 0 aliphatic carbocycles. The van der Waals surface area contributed by atoms with Crippen molar-refractivity contribution in [2.75, 3.05) is 6.61 Å². The zero-order chi connectivity index (χ0) is 20.1. The van der Waals surface area contributed by atoms with E-state index in [2.05, 4.69) is 4.98 Å². The van der Waals surface area contributed by atoms with Gasteiger partial charge in [0, 0.05) is 13.5 Å². The van der Waals surface area contributed by atoms with E-state index in [-0.39, 0.29) is 25.2 Å². The van der Waals surface area contributed by atoms with Gasteiger partial charge in [0.25, 0.3) is 5.56 Å². The van der Waals surface area contributed by atoms with Crippen molar-refractivity contribution < 1.29 is 19.4 Å². The van der Waals surface area contributed by atoms with Crippen LogP contribution in [-0.2, 0) is 29.6 Å². The summed E-state index contributed by atoms with van der Waals surface area (Å²) in [6.45, 7) is 2.06. The number of para-hydroxylation sites is 1. The Morgan fingerprint density at radius 3 is 2.61 bits per heavy atom. The average Bonchev–Trinajstić information content (AvgIpc) is 2.71. The van der Waals surface area contributed by atoms with Crippen LogP contribution in [0.2, 0.25) is 0 Å². The van der Waals surface area contributed by atoms with Gasteiger partial charge in [0.15, 0.2) is 6.10 Å². The molecule has 0 spiro atoms. The summed E-state index contributed by atoms with van der Waals surface area (Å²) in [5, 5.41) is 10.4. The molecule has 1 atom stereocenters. The Hall–Kier alpha value is -3.19. The summed E-state index contributed by atoms with van der Waals surface area (Å²) in [4.78, 5) is 28.4. The topological polar surface area (TPSA) is 90.7 Å². The van der Waals surface area contributed by atoms with E-state index in [4.69, 9.17) is 9.47 Å². The number of hydrogen-bond acceptors (Lipinski definition) is 6. The van der Waals surface area contributed by atoms with Crippen LogP contribution in [-0.4, -0.2) is 33.3 Å². The molecule has 146 valence electrons. The largest absolute Gasteiger partial charge is 0.486 e. The van der Waals surface area contributed by atoms with E-state index >= 15 is 0 Å². The predicted molar refractivity (Wildman–Crippen MR) is 104 cm³/mol. The van der Waals surface area contributed by atoms with Crippen LogP contribution in [0.25, 0.3) is 10.9 Å². The molecule has 0 fully saturated rings. The van der Waals surface area contributed by atoms with Gasteiger partial charge in [0.05, 0.1) is 17.5 Å². The highest BCUT2D eigenvalue weighted by atomic mass is 16.5. The van der Waals surface area contributed by atoms with E-state index in [1.807, 2.05) is 12.1 Å². The maximum Gasteiger partial charge on any atom is 0.335 e. The zero-order valence-electron chi connectivity index (χ0n) is 15.8. The van der Waals surface area contributed by atoms with Crippen LogP contribution in [0.15, 0.2) is 53.3 Å². The number of ether oxygens (including phenoxy) is 2. The fourth-order valence-electron chi connectivity index (χ4n) is 2.81. The summed E-state index contributed by atoms with van der Waals surface area (Å²) in [5.74, 6) is 0.480. The molecular weight excluding hydrogens is 360 g/mol. The van der Waals surface area contributed by atoms with Gasteiger partial charge >= 0.3 is 5.97 Å². The van der Waals surface area contributed by atoms with Gasteiger partial charge in [0.2, 0.25) is 0 Å². The molecule has 0 aliphatic rings. The third-order valence-electron chi connectivity index (χ3n) is 4.35. The van der Waals surface area contributed by atoms with E-state index in [9.17, 15) is 14.7 Å². The van der Waals surface area contributed by atoms with Gasteiger partial charge in [-0.05, 0) is 36.8 Å². The van der Waals surface area contributed by atoms with E-state index < -0.39 is 12.1 Å². The van der Waals surface area contributed by atoms with Crippen molar-refractivity contribution >= 4 is 16.9 Å². The van der Waals surface area contributed by atoms with Crippen LogP contribution in [0.4, 0.5) is 0 Å². The van der Waals surface area contributed by atoms with Gasteiger partial charge in [-0.15, -0.1) is 0 Å². The first kappa shape index (κ1) is 19.6. The van der Waals surface area contributed by atoms with Crippen molar-refractivity contribution in [3.05, 3.63) is 70.3 Å². The van der Waals surface area contributed by atoms with Gasteiger partial charge < -0.3 is 14.6 Å². The SMILES string of the molecule is CCOC(=O)C(O)Cc1ccc(OCc2nc3ccccc3c(=O)n2C)cc1. The molecule has 1 heterocycles. The van der Waals surface area contributed by atoms with Crippen molar-refractivity contribution in [1.82, 2.24) is 9.55 Å². The Balaban J connectivity index is 1.67. The molecule has 0 radical (unpaired) electrons. The molecule has 0 amide bonds. The van der Waals surface area contributed by atoms with Crippen LogP contribution >= 0.6 is 0 Å². The van der Waals surface area contributed by atoms with Crippen LogP contribution in [0, 0.1) is 0 Å². The number of aliphatic hydroxyl groups excluding tert-OH is 1. The minimum Gasteiger partial charge on any atom is -0.486 e. The monoisotopic (exact) mass is 382 g/mol. The fourth-order valence-corrected chi connectivity index (χ4v) is 2.81. The van der Waals surface area contributed by atoms with Gasteiger partial charge in [-0.3, -0.25) is 9.36 Å². The van der Waals surface area contributed by atoms with Crippen molar-refractivity contribution in [2.45, 2.75) is 26.1 Å². The second-order valence-corrected chi connectivity index (χ2v) is 6.31. The molecule has 2 aromatic carbocycles. The number of fused-ring (bicyclic) bond motifs is 1. The summed E-state index contributed by atoms with van der Waals surface area (Å²) < 4.78 is 12.0. The van der Waals surface area contributed by atoms with E-state index in [1.165, 1.54) is 4.57 Å². The number of nitrogens with zero attached hydrogens (tertiary/aromatic N) is 2. The van der Waals surface area contributed by atoms with Crippen molar-refractivity contribution in [1.29, 1.82) is 0 Å². The van der Waals surface area contributed by atoms with E-state index in [1.54, 1.807) is 50.4 Å². The Morgan fingerprint density at radius 1 is 1.18 bits per heavy atom. The highest BCUT2D eigenvalue weighted by Crippen LogP contribution is 2.16. The van der Waals surface area contributed by atoms with Crippen LogP contribution in [0.1, 0.15) is 18.3 Å². The number of aliphatic hydroxyl groups is 1. The number of esters is 1. The molecule has 1 aromatic heterocycles. The Labute approximate surface area is 162 Å². The zero-order valence-corrected chi connectivity index (χ0v) is 15.8. The molecule has 28 heavy (non-hydrogen) atoms. The molecule has 0 bridgehead atoms. The summed E-state index contributed by atoms with van der Waals surface area (Å²) in [6, 6.07) is 14.2. The van der Waals surface area contributed by atoms with Crippen LogP contribution in [0.3, 0.4) is 0 Å². The molecule has 0 saturated carbocycles. The minimum absolute atomic E-state index is 0.118. The molecular formula is C21H22N2O5. The standard InChI is InChI=1S/C21H22N2O5/c1-3-27-21(26)18(24)12-14-8-10-15(11-9-14)28-13-19-22-17-7-5-4-6-16(17)20(25)23(19)2/h4-11,18,24H,3,12-13H2,1-2H3. The summed E-state index contributed by atoms with van der Waals surface area (Å²) >= 11 is 0. The smallest absolute Gasteiger partial charge is 0.335 e. The molecule has 7 heteroatoms. The quantitative estimate of drug-likeness (QED) is 0.629. The Morgan fingerprint density at radius 2 is 1.89 bits per heavy atom. The normalized spacial score (nSPS) is 12.0. The van der Waals surface area contributed by atoms with Crippen molar-refractivity contribution in [2.24, 2.45) is 7.05 Å². The Kier molecular flexibility index (Phi) is 6.06. The predicted octanol–water partition coefficient (Wildman–Crippen LogP) is 1.98. The highest BCUT2D eigenvalue weighted by Gasteiger charge is 2.16. The molecule has 1 N–H and O–H groups in total. The molecule has 3 aromatic rings. The maximum atomic E-state index is 12.4. The summed E-state index contributed by atoms with van der Waals surface area (Å²) in [5.41, 5.74) is 1.30. The lowest BCUT2D eigenvalue weighted by Crippen LogP contribution is -2.25. The van der Waals surface area contributed by atoms with Crippen LogP contribution in [0.5, 0.6) is 5.75 Å². The van der Waals surface area contributed by atoms with Gasteiger partial charge in [-0.2, -0.15) is 0 Å². The molecule has 7 nitrogen and oxygen atoms in total. The lowest BCUT2D eigenvalue weighted by molar-refractivity contribution is -0.152. The number of aromatic nitrogens is 2. The lowest BCUT2D eigenvalue weighted by Gasteiger charge is -2.12. The number of carbonyl (C=O) groups is 1. The van der Waals surface area contributed by atoms with E-state index in [0.717, 1.165) is 5.56 Å². The minimum atomic E-state index is -1.19. The average molecular weight is 382 g/mol. The molecule has 1 unspecified atom stereocenters. The third kappa shape index (κ3) is 4.37. The van der Waals surface area contributed by atoms with Crippen molar-refractivity contribution in [3.63, 3.8) is 0 Å². The maximum absolute atomic E-state index is 12.4. The first-order valence-corrected chi connectivity index (χ1v) is 9.00.